The van der Waals surface area contributed by atoms with Gasteiger partial charge in [0.05, 0.1) is 0 Å². The van der Waals surface area contributed by atoms with E-state index in [1.54, 1.807) is 6.20 Å². The van der Waals surface area contributed by atoms with Crippen LogP contribution in [-0.2, 0) is 14.3 Å². The summed E-state index contributed by atoms with van der Waals surface area (Å²) in [5, 5.41) is 3.40. The van der Waals surface area contributed by atoms with Crippen LogP contribution in [0.1, 0.15) is 36.4 Å². The number of methoxy groups -OCH3 is 1. The van der Waals surface area contributed by atoms with Gasteiger partial charge in [-0.2, -0.15) is 0 Å². The van der Waals surface area contributed by atoms with Crippen molar-refractivity contribution in [1.82, 2.24) is 10.3 Å². The lowest BCUT2D eigenvalue weighted by molar-refractivity contribution is -0.160. The van der Waals surface area contributed by atoms with E-state index in [0.717, 1.165) is 18.5 Å². The summed E-state index contributed by atoms with van der Waals surface area (Å²) in [6, 6.07) is 4.21. The molecule has 2 unspecified atom stereocenters. The first-order valence-corrected chi connectivity index (χ1v) is 5.66. The Kier molecular flexibility index (Phi) is 4.06. The van der Waals surface area contributed by atoms with E-state index in [-0.39, 0.29) is 0 Å². The molecule has 1 saturated heterocycles. The molecule has 1 aromatic heterocycles. The fourth-order valence-corrected chi connectivity index (χ4v) is 2.03. The minimum absolute atomic E-state index is 0.363. The van der Waals surface area contributed by atoms with Gasteiger partial charge in [-0.1, -0.05) is 6.07 Å². The number of carbonyl (C=O) groups excluding carboxylic acids is 1. The van der Waals surface area contributed by atoms with E-state index in [9.17, 15) is 4.79 Å². The van der Waals surface area contributed by atoms with Crippen molar-refractivity contribution in [3.8, 4) is 0 Å². The van der Waals surface area contributed by atoms with Crippen molar-refractivity contribution in [2.45, 2.75) is 25.2 Å². The summed E-state index contributed by atoms with van der Waals surface area (Å²) in [5.41, 5.74) is 1.76. The van der Waals surface area contributed by atoms with Crippen molar-refractivity contribution >= 4 is 6.47 Å². The molecule has 2 rings (SSSR count). The quantitative estimate of drug-likeness (QED) is 0.617. The lowest BCUT2D eigenvalue weighted by atomic mass is 10.1. The van der Waals surface area contributed by atoms with Crippen molar-refractivity contribution < 1.29 is 14.3 Å². The Morgan fingerprint density at radius 2 is 2.47 bits per heavy atom. The van der Waals surface area contributed by atoms with Gasteiger partial charge in [0, 0.05) is 19.3 Å². The molecule has 1 aliphatic rings. The molecular formula is C12H16N2O3. The Balaban J connectivity index is 2.08. The monoisotopic (exact) mass is 236 g/mol. The molecule has 5 nitrogen and oxygen atoms in total. The summed E-state index contributed by atoms with van der Waals surface area (Å²) in [6.07, 6.45) is 3.41. The molecule has 2 atom stereocenters. The Bertz CT molecular complexity index is 361. The maximum absolute atomic E-state index is 10.3. The van der Waals surface area contributed by atoms with Crippen LogP contribution >= 0.6 is 0 Å². The lowest BCUT2D eigenvalue weighted by Crippen LogP contribution is -2.14. The molecule has 1 N–H and O–H groups in total. The molecule has 0 aromatic carbocycles. The number of ether oxygens (including phenoxy) is 2. The van der Waals surface area contributed by atoms with Gasteiger partial charge in [-0.05, 0) is 31.0 Å². The summed E-state index contributed by atoms with van der Waals surface area (Å²) < 4.78 is 9.77. The Morgan fingerprint density at radius 1 is 1.59 bits per heavy atom. The van der Waals surface area contributed by atoms with Crippen molar-refractivity contribution in [3.05, 3.63) is 29.6 Å². The topological polar surface area (TPSA) is 60.5 Å². The maximum Gasteiger partial charge on any atom is 0.295 e. The van der Waals surface area contributed by atoms with Crippen LogP contribution in [0.4, 0.5) is 0 Å². The van der Waals surface area contributed by atoms with Crippen LogP contribution < -0.4 is 5.32 Å². The van der Waals surface area contributed by atoms with Crippen LogP contribution in [0.2, 0.25) is 0 Å². The van der Waals surface area contributed by atoms with Gasteiger partial charge in [0.15, 0.2) is 0 Å². The zero-order valence-electron chi connectivity index (χ0n) is 9.76. The number of nitrogens with zero attached hydrogens (tertiary/aromatic N) is 1. The molecule has 92 valence electrons. The van der Waals surface area contributed by atoms with Gasteiger partial charge in [0.2, 0.25) is 6.29 Å². The molecule has 0 saturated carbocycles. The molecule has 0 bridgehead atoms. The molecule has 1 aromatic rings. The van der Waals surface area contributed by atoms with Crippen molar-refractivity contribution in [2.75, 3.05) is 13.7 Å². The first-order chi connectivity index (χ1) is 8.35. The highest BCUT2D eigenvalue weighted by molar-refractivity contribution is 5.37. The summed E-state index contributed by atoms with van der Waals surface area (Å²) in [4.78, 5) is 14.5. The van der Waals surface area contributed by atoms with Gasteiger partial charge in [-0.3, -0.25) is 9.78 Å². The molecule has 0 amide bonds. The first kappa shape index (κ1) is 12.0. The standard InChI is InChI=1S/C12H16N2O3/c1-16-12(17-8-15)11-5-4-9(7-14-11)10-3-2-6-13-10/h4-5,7-8,10,12-13H,2-3,6H2,1H3. The van der Waals surface area contributed by atoms with Crippen molar-refractivity contribution in [2.24, 2.45) is 0 Å². The number of nitrogens with one attached hydrogen (secondary N) is 1. The summed E-state index contributed by atoms with van der Waals surface area (Å²) >= 11 is 0. The molecular weight excluding hydrogens is 220 g/mol. The van der Waals surface area contributed by atoms with Gasteiger partial charge in [-0.15, -0.1) is 0 Å². The fraction of sp³-hybridized carbons (Fsp3) is 0.500. The average Bonchev–Trinajstić information content (AvgIpc) is 2.90. The van der Waals surface area contributed by atoms with E-state index >= 15 is 0 Å². The molecule has 17 heavy (non-hydrogen) atoms. The molecule has 5 heteroatoms. The van der Waals surface area contributed by atoms with E-state index < -0.39 is 6.29 Å². The second-order valence-corrected chi connectivity index (χ2v) is 3.97. The number of hydrogen-bond donors (Lipinski definition) is 1. The number of rotatable bonds is 5. The van der Waals surface area contributed by atoms with Gasteiger partial charge >= 0.3 is 0 Å². The van der Waals surface area contributed by atoms with E-state index in [1.165, 1.54) is 13.5 Å². The third-order valence-corrected chi connectivity index (χ3v) is 2.91. The molecule has 1 aliphatic heterocycles. The van der Waals surface area contributed by atoms with Crippen LogP contribution in [-0.4, -0.2) is 25.1 Å². The highest BCUT2D eigenvalue weighted by Gasteiger charge is 2.18. The summed E-state index contributed by atoms with van der Waals surface area (Å²) in [7, 11) is 1.47. The normalized spacial score (nSPS) is 21.1. The van der Waals surface area contributed by atoms with Crippen LogP contribution in [0.15, 0.2) is 18.3 Å². The Labute approximate surface area is 100 Å². The molecule has 0 aliphatic carbocycles. The molecule has 1 fully saturated rings. The predicted molar refractivity (Wildman–Crippen MR) is 61.1 cm³/mol. The zero-order chi connectivity index (χ0) is 12.1. The summed E-state index contributed by atoms with van der Waals surface area (Å²) in [5.74, 6) is 0. The average molecular weight is 236 g/mol. The predicted octanol–water partition coefficient (Wildman–Crippen LogP) is 1.32. The summed E-state index contributed by atoms with van der Waals surface area (Å²) in [6.45, 7) is 1.42. The first-order valence-electron chi connectivity index (χ1n) is 5.66. The van der Waals surface area contributed by atoms with Crippen LogP contribution in [0.25, 0.3) is 0 Å². The second-order valence-electron chi connectivity index (χ2n) is 3.97. The highest BCUT2D eigenvalue weighted by Crippen LogP contribution is 2.23. The van der Waals surface area contributed by atoms with Gasteiger partial charge < -0.3 is 14.8 Å². The zero-order valence-corrected chi connectivity index (χ0v) is 9.76. The van der Waals surface area contributed by atoms with E-state index in [0.29, 0.717) is 18.2 Å². The van der Waals surface area contributed by atoms with Crippen molar-refractivity contribution in [1.29, 1.82) is 0 Å². The number of aromatic nitrogens is 1. The fourth-order valence-electron chi connectivity index (χ4n) is 2.03. The minimum atomic E-state index is -0.724. The number of carbonyl (C=O) groups is 1. The van der Waals surface area contributed by atoms with E-state index in [2.05, 4.69) is 10.3 Å². The van der Waals surface area contributed by atoms with Gasteiger partial charge in [0.25, 0.3) is 6.47 Å². The molecule has 0 spiro atoms. The van der Waals surface area contributed by atoms with Crippen molar-refractivity contribution in [3.63, 3.8) is 0 Å². The SMILES string of the molecule is COC(OC=O)c1ccc(C2CCCN2)cn1. The van der Waals surface area contributed by atoms with E-state index in [1.807, 2.05) is 12.1 Å². The molecule has 2 heterocycles. The number of hydrogen-bond acceptors (Lipinski definition) is 5. The van der Waals surface area contributed by atoms with Crippen LogP contribution in [0.3, 0.4) is 0 Å². The smallest absolute Gasteiger partial charge is 0.295 e. The third-order valence-electron chi connectivity index (χ3n) is 2.91. The largest absolute Gasteiger partial charge is 0.432 e. The second kappa shape index (κ2) is 5.75. The van der Waals surface area contributed by atoms with Crippen LogP contribution in [0.5, 0.6) is 0 Å². The third kappa shape index (κ3) is 2.81. The van der Waals surface area contributed by atoms with Gasteiger partial charge in [-0.25, -0.2) is 0 Å². The maximum atomic E-state index is 10.3. The van der Waals surface area contributed by atoms with Crippen LogP contribution in [0, 0.1) is 0 Å². The van der Waals surface area contributed by atoms with Gasteiger partial charge in [0.1, 0.15) is 5.69 Å². The Hall–Kier alpha value is -1.46. The van der Waals surface area contributed by atoms with E-state index in [4.69, 9.17) is 9.47 Å². The highest BCUT2D eigenvalue weighted by atomic mass is 16.7. The molecule has 0 radical (unpaired) electrons. The number of pyridine rings is 1. The Morgan fingerprint density at radius 3 is 3.00 bits per heavy atom. The lowest BCUT2D eigenvalue weighted by Gasteiger charge is -2.14. The minimum Gasteiger partial charge on any atom is -0.432 e.